The van der Waals surface area contributed by atoms with Crippen LogP contribution in [0.15, 0.2) is 29.3 Å². The molecule has 4 nitrogen and oxygen atoms in total. The molecule has 0 spiro atoms. The first-order chi connectivity index (χ1) is 10.1. The molecule has 0 aromatic heterocycles. The summed E-state index contributed by atoms with van der Waals surface area (Å²) >= 11 is 6.13. The van der Waals surface area contributed by atoms with Gasteiger partial charge in [-0.05, 0) is 24.0 Å². The Kier molecular flexibility index (Phi) is 12.6. The number of halogens is 2. The molecule has 0 radical (unpaired) electrons. The van der Waals surface area contributed by atoms with Gasteiger partial charge in [0.15, 0.2) is 5.96 Å². The van der Waals surface area contributed by atoms with E-state index in [9.17, 15) is 0 Å². The smallest absolute Gasteiger partial charge is 0.191 e. The molecule has 0 aliphatic carbocycles. The zero-order valence-electron chi connectivity index (χ0n) is 13.6. The van der Waals surface area contributed by atoms with E-state index in [4.69, 9.17) is 16.3 Å². The Labute approximate surface area is 156 Å². The van der Waals surface area contributed by atoms with Crippen LogP contribution in [-0.2, 0) is 11.2 Å². The Morgan fingerprint density at radius 1 is 1.23 bits per heavy atom. The highest BCUT2D eigenvalue weighted by Crippen LogP contribution is 2.14. The van der Waals surface area contributed by atoms with Crippen molar-refractivity contribution in [2.45, 2.75) is 20.3 Å². The second-order valence-corrected chi connectivity index (χ2v) is 5.64. The highest BCUT2D eigenvalue weighted by atomic mass is 127. The standard InChI is InChI=1S/C16H26ClN3O.HI/c1-13(2)12-21-11-10-20-16(18-3)19-9-8-14-6-4-5-7-15(14)17;/h4-7,13H,8-12H2,1-3H3,(H2,18,19,20);1H. The highest BCUT2D eigenvalue weighted by molar-refractivity contribution is 14.0. The lowest BCUT2D eigenvalue weighted by atomic mass is 10.1. The van der Waals surface area contributed by atoms with E-state index >= 15 is 0 Å². The van der Waals surface area contributed by atoms with Gasteiger partial charge in [-0.25, -0.2) is 0 Å². The zero-order chi connectivity index (χ0) is 15.5. The second kappa shape index (κ2) is 13.0. The van der Waals surface area contributed by atoms with Gasteiger partial charge in [0.25, 0.3) is 0 Å². The molecule has 0 bridgehead atoms. The molecular formula is C16H27ClIN3O. The number of nitrogens with one attached hydrogen (secondary N) is 2. The number of guanidine groups is 1. The largest absolute Gasteiger partial charge is 0.379 e. The molecule has 0 atom stereocenters. The molecule has 0 heterocycles. The monoisotopic (exact) mass is 439 g/mol. The lowest BCUT2D eigenvalue weighted by Crippen LogP contribution is -2.39. The van der Waals surface area contributed by atoms with E-state index in [0.29, 0.717) is 12.5 Å². The van der Waals surface area contributed by atoms with E-state index in [2.05, 4.69) is 29.5 Å². The maximum atomic E-state index is 6.13. The van der Waals surface area contributed by atoms with Crippen LogP contribution in [-0.4, -0.2) is 39.3 Å². The first kappa shape index (κ1) is 21.5. The van der Waals surface area contributed by atoms with Crippen molar-refractivity contribution in [2.75, 3.05) is 33.4 Å². The van der Waals surface area contributed by atoms with Crippen molar-refractivity contribution in [3.8, 4) is 0 Å². The fraction of sp³-hybridized carbons (Fsp3) is 0.562. The third kappa shape index (κ3) is 9.48. The summed E-state index contributed by atoms with van der Waals surface area (Å²) in [5, 5.41) is 7.30. The first-order valence-electron chi connectivity index (χ1n) is 7.39. The number of rotatable bonds is 8. The molecule has 6 heteroatoms. The summed E-state index contributed by atoms with van der Waals surface area (Å²) in [6.45, 7) is 7.30. The minimum Gasteiger partial charge on any atom is -0.379 e. The molecule has 0 saturated carbocycles. The third-order valence-corrected chi connectivity index (χ3v) is 3.23. The Morgan fingerprint density at radius 2 is 1.91 bits per heavy atom. The Morgan fingerprint density at radius 3 is 2.55 bits per heavy atom. The summed E-state index contributed by atoms with van der Waals surface area (Å²) in [7, 11) is 1.76. The number of nitrogens with zero attached hydrogens (tertiary/aromatic N) is 1. The normalized spacial score (nSPS) is 11.2. The van der Waals surface area contributed by atoms with Gasteiger partial charge in [0, 0.05) is 31.8 Å². The first-order valence-corrected chi connectivity index (χ1v) is 7.77. The third-order valence-electron chi connectivity index (χ3n) is 2.86. The van der Waals surface area contributed by atoms with E-state index in [1.807, 2.05) is 24.3 Å². The van der Waals surface area contributed by atoms with Gasteiger partial charge in [0.2, 0.25) is 0 Å². The lowest BCUT2D eigenvalue weighted by Gasteiger charge is -2.13. The van der Waals surface area contributed by atoms with Crippen LogP contribution >= 0.6 is 35.6 Å². The maximum absolute atomic E-state index is 6.13. The van der Waals surface area contributed by atoms with Crippen LogP contribution < -0.4 is 10.6 Å². The van der Waals surface area contributed by atoms with Crippen LogP contribution in [0.3, 0.4) is 0 Å². The van der Waals surface area contributed by atoms with Crippen LogP contribution in [0.25, 0.3) is 0 Å². The van der Waals surface area contributed by atoms with E-state index in [1.165, 1.54) is 0 Å². The SMILES string of the molecule is CN=C(NCCOCC(C)C)NCCc1ccccc1Cl.I. The molecule has 126 valence electrons. The quantitative estimate of drug-likeness (QED) is 0.283. The fourth-order valence-corrected chi connectivity index (χ4v) is 2.03. The molecule has 22 heavy (non-hydrogen) atoms. The van der Waals surface area contributed by atoms with Gasteiger partial charge in [0.1, 0.15) is 0 Å². The fourth-order valence-electron chi connectivity index (χ4n) is 1.80. The van der Waals surface area contributed by atoms with Crippen molar-refractivity contribution in [3.63, 3.8) is 0 Å². The Hall–Kier alpha value is -0.530. The van der Waals surface area contributed by atoms with Crippen molar-refractivity contribution in [2.24, 2.45) is 10.9 Å². The summed E-state index contributed by atoms with van der Waals surface area (Å²) in [6, 6.07) is 7.90. The molecule has 0 aliphatic rings. The van der Waals surface area contributed by atoms with Gasteiger partial charge in [-0.1, -0.05) is 43.6 Å². The van der Waals surface area contributed by atoms with Crippen LogP contribution in [0.2, 0.25) is 5.02 Å². The van der Waals surface area contributed by atoms with E-state index < -0.39 is 0 Å². The van der Waals surface area contributed by atoms with Gasteiger partial charge in [-0.15, -0.1) is 24.0 Å². The highest BCUT2D eigenvalue weighted by Gasteiger charge is 2.01. The van der Waals surface area contributed by atoms with Crippen LogP contribution in [0, 0.1) is 5.92 Å². The van der Waals surface area contributed by atoms with Crippen LogP contribution in [0.4, 0.5) is 0 Å². The molecule has 0 unspecified atom stereocenters. The predicted molar refractivity (Wildman–Crippen MR) is 106 cm³/mol. The van der Waals surface area contributed by atoms with Crippen molar-refractivity contribution < 1.29 is 4.74 Å². The minimum absolute atomic E-state index is 0. The van der Waals surface area contributed by atoms with Gasteiger partial charge in [-0.2, -0.15) is 0 Å². The molecule has 0 aliphatic heterocycles. The molecule has 1 rings (SSSR count). The second-order valence-electron chi connectivity index (χ2n) is 5.24. The summed E-state index contributed by atoms with van der Waals surface area (Å²) in [4.78, 5) is 4.18. The Balaban J connectivity index is 0.00000441. The summed E-state index contributed by atoms with van der Waals surface area (Å²) in [5.41, 5.74) is 1.14. The number of benzene rings is 1. The molecule has 0 amide bonds. The maximum Gasteiger partial charge on any atom is 0.191 e. The lowest BCUT2D eigenvalue weighted by molar-refractivity contribution is 0.114. The molecule has 0 saturated heterocycles. The summed E-state index contributed by atoms with van der Waals surface area (Å²) in [6.07, 6.45) is 0.865. The minimum atomic E-state index is 0. The van der Waals surface area contributed by atoms with E-state index in [0.717, 1.165) is 42.7 Å². The van der Waals surface area contributed by atoms with Gasteiger partial charge >= 0.3 is 0 Å². The average Bonchev–Trinajstić information content (AvgIpc) is 2.46. The number of aliphatic imine (C=N–C) groups is 1. The summed E-state index contributed by atoms with van der Waals surface area (Å²) in [5.74, 6) is 1.35. The zero-order valence-corrected chi connectivity index (χ0v) is 16.7. The topological polar surface area (TPSA) is 45.7 Å². The van der Waals surface area contributed by atoms with Crippen LogP contribution in [0.5, 0.6) is 0 Å². The predicted octanol–water partition coefficient (Wildman–Crippen LogP) is 3.34. The van der Waals surface area contributed by atoms with E-state index in [-0.39, 0.29) is 24.0 Å². The molecular weight excluding hydrogens is 413 g/mol. The van der Waals surface area contributed by atoms with Crippen molar-refractivity contribution in [1.82, 2.24) is 10.6 Å². The molecule has 1 aromatic rings. The summed E-state index contributed by atoms with van der Waals surface area (Å²) < 4.78 is 5.52. The average molecular weight is 440 g/mol. The Bertz CT molecular complexity index is 441. The van der Waals surface area contributed by atoms with Gasteiger partial charge in [0.05, 0.1) is 6.61 Å². The number of hydrogen-bond acceptors (Lipinski definition) is 2. The number of ether oxygens (including phenoxy) is 1. The van der Waals surface area contributed by atoms with Gasteiger partial charge in [-0.3, -0.25) is 4.99 Å². The van der Waals surface area contributed by atoms with Crippen molar-refractivity contribution in [3.05, 3.63) is 34.9 Å². The van der Waals surface area contributed by atoms with Gasteiger partial charge < -0.3 is 15.4 Å². The van der Waals surface area contributed by atoms with Crippen molar-refractivity contribution in [1.29, 1.82) is 0 Å². The molecule has 0 fully saturated rings. The van der Waals surface area contributed by atoms with Crippen molar-refractivity contribution >= 4 is 41.5 Å². The van der Waals surface area contributed by atoms with Crippen LogP contribution in [0.1, 0.15) is 19.4 Å². The molecule has 1 aromatic carbocycles. The van der Waals surface area contributed by atoms with E-state index in [1.54, 1.807) is 7.05 Å². The number of hydrogen-bond donors (Lipinski definition) is 2. The molecule has 2 N–H and O–H groups in total.